The number of halogens is 2. The Morgan fingerprint density at radius 3 is 2.62 bits per heavy atom. The Kier molecular flexibility index (Phi) is 5.62. The van der Waals surface area contributed by atoms with Crippen LogP contribution in [0.5, 0.6) is 0 Å². The first-order chi connectivity index (χ1) is 7.61. The summed E-state index contributed by atoms with van der Waals surface area (Å²) in [7, 11) is 0. The Morgan fingerprint density at radius 2 is 2.06 bits per heavy atom. The van der Waals surface area contributed by atoms with Crippen molar-refractivity contribution < 1.29 is 18.3 Å². The Morgan fingerprint density at radius 1 is 1.44 bits per heavy atom. The summed E-state index contributed by atoms with van der Waals surface area (Å²) >= 11 is 0. The monoisotopic (exact) mass is 236 g/mol. The molecule has 1 saturated heterocycles. The van der Waals surface area contributed by atoms with Gasteiger partial charge in [-0.05, 0) is 6.92 Å². The first-order valence-corrected chi connectivity index (χ1v) is 5.48. The fourth-order valence-corrected chi connectivity index (χ4v) is 1.47. The highest BCUT2D eigenvalue weighted by molar-refractivity contribution is 5.76. The van der Waals surface area contributed by atoms with Crippen molar-refractivity contribution in [2.45, 2.75) is 25.8 Å². The lowest BCUT2D eigenvalue weighted by molar-refractivity contribution is -0.135. The van der Waals surface area contributed by atoms with E-state index in [0.29, 0.717) is 32.8 Å². The van der Waals surface area contributed by atoms with Gasteiger partial charge in [-0.15, -0.1) is 0 Å². The number of alkyl halides is 2. The Bertz CT molecular complexity index is 221. The van der Waals surface area contributed by atoms with Crippen molar-refractivity contribution in [1.82, 2.24) is 10.2 Å². The van der Waals surface area contributed by atoms with E-state index in [1.165, 1.54) is 6.92 Å². The summed E-state index contributed by atoms with van der Waals surface area (Å²) in [6.45, 7) is 4.03. The first-order valence-electron chi connectivity index (χ1n) is 5.48. The summed E-state index contributed by atoms with van der Waals surface area (Å²) in [5, 5.41) is 2.62. The van der Waals surface area contributed by atoms with Crippen LogP contribution in [0.2, 0.25) is 0 Å². The molecule has 0 saturated carbocycles. The van der Waals surface area contributed by atoms with Crippen LogP contribution in [0.4, 0.5) is 8.78 Å². The standard InChI is InChI=1S/C10H18F2N2O2/c1-8(10(11)12)13-3-2-9(15)14-4-6-16-7-5-14/h8,10,13H,2-7H2,1H3. The van der Waals surface area contributed by atoms with Crippen LogP contribution >= 0.6 is 0 Å². The summed E-state index contributed by atoms with van der Waals surface area (Å²) in [4.78, 5) is 13.3. The zero-order valence-corrected chi connectivity index (χ0v) is 9.42. The minimum Gasteiger partial charge on any atom is -0.378 e. The van der Waals surface area contributed by atoms with Gasteiger partial charge in [-0.2, -0.15) is 0 Å². The highest BCUT2D eigenvalue weighted by Crippen LogP contribution is 2.01. The third-order valence-electron chi connectivity index (χ3n) is 2.55. The van der Waals surface area contributed by atoms with Crippen LogP contribution in [0.1, 0.15) is 13.3 Å². The number of carbonyl (C=O) groups excluding carboxylic acids is 1. The molecule has 1 heterocycles. The van der Waals surface area contributed by atoms with Crippen molar-refractivity contribution in [2.75, 3.05) is 32.8 Å². The molecule has 1 N–H and O–H groups in total. The molecule has 4 nitrogen and oxygen atoms in total. The van der Waals surface area contributed by atoms with Crippen LogP contribution in [-0.4, -0.2) is 56.1 Å². The van der Waals surface area contributed by atoms with E-state index >= 15 is 0 Å². The second-order valence-electron chi connectivity index (χ2n) is 3.82. The van der Waals surface area contributed by atoms with Gasteiger partial charge in [0.05, 0.1) is 19.3 Å². The van der Waals surface area contributed by atoms with E-state index in [9.17, 15) is 13.6 Å². The fraction of sp³-hybridized carbons (Fsp3) is 0.900. The van der Waals surface area contributed by atoms with Crippen LogP contribution in [0.25, 0.3) is 0 Å². The molecular weight excluding hydrogens is 218 g/mol. The zero-order valence-electron chi connectivity index (χ0n) is 9.42. The predicted molar refractivity (Wildman–Crippen MR) is 55.5 cm³/mol. The molecule has 0 aromatic rings. The van der Waals surface area contributed by atoms with Crippen molar-refractivity contribution in [1.29, 1.82) is 0 Å². The fourth-order valence-electron chi connectivity index (χ4n) is 1.47. The topological polar surface area (TPSA) is 41.6 Å². The summed E-state index contributed by atoms with van der Waals surface area (Å²) < 4.78 is 29.4. The predicted octanol–water partition coefficient (Wildman–Crippen LogP) is 0.479. The maximum Gasteiger partial charge on any atom is 0.253 e. The second-order valence-corrected chi connectivity index (χ2v) is 3.82. The molecule has 0 bridgehead atoms. The molecule has 0 spiro atoms. The van der Waals surface area contributed by atoms with Crippen LogP contribution in [0, 0.1) is 0 Å². The average Bonchev–Trinajstić information content (AvgIpc) is 2.29. The summed E-state index contributed by atoms with van der Waals surface area (Å²) in [6.07, 6.45) is -2.13. The van der Waals surface area contributed by atoms with Gasteiger partial charge in [-0.3, -0.25) is 4.79 Å². The molecule has 1 fully saturated rings. The van der Waals surface area contributed by atoms with Gasteiger partial charge >= 0.3 is 0 Å². The quantitative estimate of drug-likeness (QED) is 0.755. The van der Waals surface area contributed by atoms with Gasteiger partial charge in [-0.1, -0.05) is 0 Å². The van der Waals surface area contributed by atoms with E-state index < -0.39 is 12.5 Å². The number of hydrogen-bond acceptors (Lipinski definition) is 3. The molecule has 1 aliphatic rings. The number of amides is 1. The van der Waals surface area contributed by atoms with Crippen molar-refractivity contribution >= 4 is 5.91 Å². The SMILES string of the molecule is CC(NCCC(=O)N1CCOCC1)C(F)F. The average molecular weight is 236 g/mol. The molecule has 0 aromatic carbocycles. The largest absolute Gasteiger partial charge is 0.378 e. The van der Waals surface area contributed by atoms with Crippen LogP contribution in [0.3, 0.4) is 0 Å². The van der Waals surface area contributed by atoms with E-state index in [4.69, 9.17) is 4.74 Å². The van der Waals surface area contributed by atoms with E-state index in [1.54, 1.807) is 4.90 Å². The molecule has 0 radical (unpaired) electrons. The smallest absolute Gasteiger partial charge is 0.253 e. The first kappa shape index (κ1) is 13.3. The Balaban J connectivity index is 2.14. The molecule has 1 rings (SSSR count). The molecule has 1 atom stereocenters. The number of morpholine rings is 1. The highest BCUT2D eigenvalue weighted by Gasteiger charge is 2.18. The van der Waals surface area contributed by atoms with Crippen molar-refractivity contribution in [3.63, 3.8) is 0 Å². The molecule has 1 aliphatic heterocycles. The lowest BCUT2D eigenvalue weighted by Crippen LogP contribution is -2.42. The minimum absolute atomic E-state index is 0.00253. The summed E-state index contributed by atoms with van der Waals surface area (Å²) in [5.74, 6) is -0.00253. The van der Waals surface area contributed by atoms with Crippen molar-refractivity contribution in [3.8, 4) is 0 Å². The number of rotatable bonds is 5. The molecular formula is C10H18F2N2O2. The maximum atomic E-state index is 12.1. The molecule has 6 heteroatoms. The van der Waals surface area contributed by atoms with Gasteiger partial charge in [0, 0.05) is 26.1 Å². The molecule has 94 valence electrons. The van der Waals surface area contributed by atoms with Crippen LogP contribution < -0.4 is 5.32 Å². The lowest BCUT2D eigenvalue weighted by atomic mass is 10.3. The van der Waals surface area contributed by atoms with Gasteiger partial charge in [0.1, 0.15) is 0 Å². The number of ether oxygens (including phenoxy) is 1. The highest BCUT2D eigenvalue weighted by atomic mass is 19.3. The Labute approximate surface area is 93.9 Å². The van der Waals surface area contributed by atoms with Crippen molar-refractivity contribution in [3.05, 3.63) is 0 Å². The molecule has 1 unspecified atom stereocenters. The number of nitrogens with zero attached hydrogens (tertiary/aromatic N) is 1. The van der Waals surface area contributed by atoms with Gasteiger partial charge < -0.3 is 15.0 Å². The molecule has 0 aliphatic carbocycles. The molecule has 1 amide bonds. The van der Waals surface area contributed by atoms with Gasteiger partial charge in [0.25, 0.3) is 6.43 Å². The van der Waals surface area contributed by atoms with Crippen LogP contribution in [0.15, 0.2) is 0 Å². The van der Waals surface area contributed by atoms with Crippen LogP contribution in [-0.2, 0) is 9.53 Å². The minimum atomic E-state index is -2.39. The van der Waals surface area contributed by atoms with E-state index in [2.05, 4.69) is 5.32 Å². The molecule has 0 aromatic heterocycles. The molecule has 16 heavy (non-hydrogen) atoms. The maximum absolute atomic E-state index is 12.1. The van der Waals surface area contributed by atoms with Crippen molar-refractivity contribution in [2.24, 2.45) is 0 Å². The van der Waals surface area contributed by atoms with Gasteiger partial charge in [-0.25, -0.2) is 8.78 Å². The normalized spacial score (nSPS) is 18.9. The summed E-state index contributed by atoms with van der Waals surface area (Å²) in [6, 6.07) is -0.863. The summed E-state index contributed by atoms with van der Waals surface area (Å²) in [5.41, 5.74) is 0. The second kappa shape index (κ2) is 6.75. The zero-order chi connectivity index (χ0) is 12.0. The van der Waals surface area contributed by atoms with E-state index in [0.717, 1.165) is 0 Å². The third-order valence-corrected chi connectivity index (χ3v) is 2.55. The number of nitrogens with one attached hydrogen (secondary N) is 1. The van der Waals surface area contributed by atoms with Gasteiger partial charge in [0.2, 0.25) is 5.91 Å². The van der Waals surface area contributed by atoms with E-state index in [1.807, 2.05) is 0 Å². The Hall–Kier alpha value is -0.750. The number of hydrogen-bond donors (Lipinski definition) is 1. The number of carbonyl (C=O) groups is 1. The third kappa shape index (κ3) is 4.40. The lowest BCUT2D eigenvalue weighted by Gasteiger charge is -2.27. The van der Waals surface area contributed by atoms with Gasteiger partial charge in [0.15, 0.2) is 0 Å². The van der Waals surface area contributed by atoms with E-state index in [-0.39, 0.29) is 12.3 Å².